The van der Waals surface area contributed by atoms with Crippen LogP contribution in [-0.2, 0) is 11.4 Å². The number of methoxy groups -OCH3 is 1. The summed E-state index contributed by atoms with van der Waals surface area (Å²) in [4.78, 5) is 2.36. The first kappa shape index (κ1) is 22.7. The van der Waals surface area contributed by atoms with Crippen LogP contribution in [0.25, 0.3) is 17.1 Å². The van der Waals surface area contributed by atoms with Crippen molar-refractivity contribution in [3.05, 3.63) is 58.9 Å². The molecule has 2 heterocycles. The van der Waals surface area contributed by atoms with Gasteiger partial charge in [0.1, 0.15) is 5.75 Å². The molecular formula is C25H32N4O2S. The Morgan fingerprint density at radius 3 is 2.34 bits per heavy atom. The van der Waals surface area contributed by atoms with Gasteiger partial charge in [-0.05, 0) is 67.9 Å². The zero-order valence-corrected chi connectivity index (χ0v) is 20.3. The molecule has 0 unspecified atom stereocenters. The number of nitrogens with zero attached hydrogens (tertiary/aromatic N) is 4. The average molecular weight is 453 g/mol. The van der Waals surface area contributed by atoms with E-state index >= 15 is 0 Å². The predicted molar refractivity (Wildman–Crippen MR) is 130 cm³/mol. The first-order chi connectivity index (χ1) is 15.4. The minimum atomic E-state index is 0.192. The van der Waals surface area contributed by atoms with Crippen molar-refractivity contribution >= 4 is 12.2 Å². The Labute approximate surface area is 195 Å². The quantitative estimate of drug-likeness (QED) is 0.477. The van der Waals surface area contributed by atoms with Gasteiger partial charge >= 0.3 is 0 Å². The number of benzene rings is 2. The summed E-state index contributed by atoms with van der Waals surface area (Å²) in [7, 11) is 1.68. The van der Waals surface area contributed by atoms with Gasteiger partial charge in [-0.15, -0.1) is 5.10 Å². The number of ether oxygens (including phenoxy) is 2. The van der Waals surface area contributed by atoms with Crippen LogP contribution in [0.15, 0.2) is 48.5 Å². The highest BCUT2D eigenvalue weighted by Gasteiger charge is 2.24. The van der Waals surface area contributed by atoms with E-state index in [0.29, 0.717) is 17.4 Å². The fraction of sp³-hybridized carbons (Fsp3) is 0.440. The number of hydrogen-bond donors (Lipinski definition) is 0. The molecule has 3 aromatic rings. The number of morpholine rings is 1. The zero-order valence-electron chi connectivity index (χ0n) is 19.5. The van der Waals surface area contributed by atoms with E-state index in [9.17, 15) is 0 Å². The Kier molecular flexibility index (Phi) is 6.79. The summed E-state index contributed by atoms with van der Waals surface area (Å²) in [5, 5.41) is 5.01. The third-order valence-electron chi connectivity index (χ3n) is 5.82. The maximum Gasteiger partial charge on any atom is 0.204 e. The van der Waals surface area contributed by atoms with Gasteiger partial charge in [-0.2, -0.15) is 0 Å². The lowest BCUT2D eigenvalue weighted by Gasteiger charge is -2.34. The number of hydrogen-bond acceptors (Lipinski definition) is 5. The Morgan fingerprint density at radius 2 is 1.72 bits per heavy atom. The molecule has 4 rings (SSSR count). The van der Waals surface area contributed by atoms with E-state index in [1.54, 1.807) is 7.11 Å². The molecule has 1 aromatic heterocycles. The van der Waals surface area contributed by atoms with Crippen molar-refractivity contribution in [2.45, 2.75) is 52.5 Å². The van der Waals surface area contributed by atoms with Gasteiger partial charge in [0.05, 0.1) is 31.7 Å². The van der Waals surface area contributed by atoms with Gasteiger partial charge < -0.3 is 9.47 Å². The average Bonchev–Trinajstić information content (AvgIpc) is 3.08. The van der Waals surface area contributed by atoms with Crippen molar-refractivity contribution in [2.75, 3.05) is 20.2 Å². The van der Waals surface area contributed by atoms with Gasteiger partial charge in [0, 0.05) is 18.7 Å². The van der Waals surface area contributed by atoms with Crippen LogP contribution < -0.4 is 4.74 Å². The van der Waals surface area contributed by atoms with Gasteiger partial charge in [-0.25, -0.2) is 4.68 Å². The summed E-state index contributed by atoms with van der Waals surface area (Å²) in [5.74, 6) is 2.01. The van der Waals surface area contributed by atoms with E-state index in [2.05, 4.69) is 61.4 Å². The molecule has 2 aromatic carbocycles. The molecule has 0 saturated carbocycles. The molecule has 0 radical (unpaired) electrons. The summed E-state index contributed by atoms with van der Waals surface area (Å²) in [6, 6.07) is 16.4. The SMILES string of the molecule is COc1ccc(-c2nn(CN3C[C@@H](C)O[C@H](C)C3)c(=S)n2-c2ccccc2C(C)C)cc1. The maximum atomic E-state index is 6.00. The lowest BCUT2D eigenvalue weighted by molar-refractivity contribution is -0.0777. The second-order valence-corrected chi connectivity index (χ2v) is 9.18. The summed E-state index contributed by atoms with van der Waals surface area (Å²) >= 11 is 6.00. The molecule has 0 N–H and O–H groups in total. The third-order valence-corrected chi connectivity index (χ3v) is 6.21. The molecule has 2 atom stereocenters. The third kappa shape index (κ3) is 4.65. The van der Waals surface area contributed by atoms with Crippen molar-refractivity contribution in [2.24, 2.45) is 0 Å². The van der Waals surface area contributed by atoms with Crippen LogP contribution >= 0.6 is 12.2 Å². The van der Waals surface area contributed by atoms with Crippen molar-refractivity contribution in [3.8, 4) is 22.8 Å². The van der Waals surface area contributed by atoms with E-state index in [1.807, 2.05) is 28.9 Å². The van der Waals surface area contributed by atoms with Gasteiger partial charge in [-0.1, -0.05) is 32.0 Å². The van der Waals surface area contributed by atoms with E-state index in [0.717, 1.165) is 35.9 Å². The number of aromatic nitrogens is 3. The van der Waals surface area contributed by atoms with Gasteiger partial charge in [0.2, 0.25) is 4.77 Å². The predicted octanol–water partition coefficient (Wildman–Crippen LogP) is 5.27. The molecule has 0 aliphatic carbocycles. The topological polar surface area (TPSA) is 44.4 Å². The Bertz CT molecular complexity index is 1110. The molecule has 0 spiro atoms. The highest BCUT2D eigenvalue weighted by Crippen LogP contribution is 2.29. The maximum absolute atomic E-state index is 6.00. The van der Waals surface area contributed by atoms with Crippen LogP contribution in [0, 0.1) is 4.77 Å². The number of rotatable bonds is 6. The standard InChI is InChI=1S/C25H32N4O2S/c1-17(2)22-8-6-7-9-23(22)29-24(20-10-12-21(30-5)13-11-20)26-28(25(29)32)16-27-14-18(3)31-19(4)15-27/h6-13,17-19H,14-16H2,1-5H3/t18-,19-/m1/s1. The van der Waals surface area contributed by atoms with Crippen LogP contribution in [-0.4, -0.2) is 51.7 Å². The fourth-order valence-electron chi connectivity index (χ4n) is 4.41. The second-order valence-electron chi connectivity index (χ2n) is 8.82. The highest BCUT2D eigenvalue weighted by atomic mass is 32.1. The summed E-state index contributed by atoms with van der Waals surface area (Å²) in [5.41, 5.74) is 3.32. The van der Waals surface area contributed by atoms with Crippen molar-refractivity contribution in [1.29, 1.82) is 0 Å². The molecule has 7 heteroatoms. The lowest BCUT2D eigenvalue weighted by Crippen LogP contribution is -2.46. The molecular weight excluding hydrogens is 420 g/mol. The molecule has 1 aliphatic heterocycles. The van der Waals surface area contributed by atoms with E-state index in [4.69, 9.17) is 26.8 Å². The van der Waals surface area contributed by atoms with Gasteiger partial charge in [0.15, 0.2) is 5.82 Å². The first-order valence-electron chi connectivity index (χ1n) is 11.2. The summed E-state index contributed by atoms with van der Waals surface area (Å²) in [6.07, 6.45) is 0.385. The molecule has 170 valence electrons. The van der Waals surface area contributed by atoms with E-state index in [1.165, 1.54) is 5.56 Å². The Morgan fingerprint density at radius 1 is 1.06 bits per heavy atom. The fourth-order valence-corrected chi connectivity index (χ4v) is 4.70. The van der Waals surface area contributed by atoms with Crippen LogP contribution in [0.5, 0.6) is 5.75 Å². The van der Waals surface area contributed by atoms with Crippen molar-refractivity contribution in [1.82, 2.24) is 19.2 Å². The van der Waals surface area contributed by atoms with E-state index < -0.39 is 0 Å². The second kappa shape index (κ2) is 9.57. The van der Waals surface area contributed by atoms with Gasteiger partial charge in [-0.3, -0.25) is 9.47 Å². The minimum absolute atomic E-state index is 0.192. The molecule has 6 nitrogen and oxygen atoms in total. The van der Waals surface area contributed by atoms with Crippen molar-refractivity contribution in [3.63, 3.8) is 0 Å². The van der Waals surface area contributed by atoms with Crippen LogP contribution in [0.3, 0.4) is 0 Å². The molecule has 0 bridgehead atoms. The van der Waals surface area contributed by atoms with Crippen LogP contribution in [0.1, 0.15) is 39.2 Å². The van der Waals surface area contributed by atoms with Crippen molar-refractivity contribution < 1.29 is 9.47 Å². The molecule has 0 amide bonds. The summed E-state index contributed by atoms with van der Waals surface area (Å²) < 4.78 is 16.0. The Balaban J connectivity index is 1.82. The van der Waals surface area contributed by atoms with Crippen LogP contribution in [0.4, 0.5) is 0 Å². The minimum Gasteiger partial charge on any atom is -0.497 e. The largest absolute Gasteiger partial charge is 0.497 e. The smallest absolute Gasteiger partial charge is 0.204 e. The van der Waals surface area contributed by atoms with E-state index in [-0.39, 0.29) is 12.2 Å². The molecule has 1 aliphatic rings. The van der Waals surface area contributed by atoms with Crippen LogP contribution in [0.2, 0.25) is 0 Å². The highest BCUT2D eigenvalue weighted by molar-refractivity contribution is 7.71. The zero-order chi connectivity index (χ0) is 22.8. The lowest BCUT2D eigenvalue weighted by atomic mass is 10.0. The normalized spacial score (nSPS) is 19.4. The Hall–Kier alpha value is -2.48. The number of para-hydroxylation sites is 1. The van der Waals surface area contributed by atoms with Gasteiger partial charge in [0.25, 0.3) is 0 Å². The molecule has 32 heavy (non-hydrogen) atoms. The molecule has 1 fully saturated rings. The molecule has 1 saturated heterocycles. The first-order valence-corrected chi connectivity index (χ1v) is 11.6. The monoisotopic (exact) mass is 452 g/mol. The summed E-state index contributed by atoms with van der Waals surface area (Å²) in [6.45, 7) is 11.0.